The smallest absolute Gasteiger partial charge is 0.362 e. The summed E-state index contributed by atoms with van der Waals surface area (Å²) in [6.45, 7) is 0.389. The van der Waals surface area contributed by atoms with Crippen LogP contribution in [0.5, 0.6) is 28.7 Å². The Hall–Kier alpha value is -9.51. The zero-order chi connectivity index (χ0) is 59.2. The Balaban J connectivity index is 0.876. The third-order valence-electron chi connectivity index (χ3n) is 13.4. The van der Waals surface area contributed by atoms with Crippen molar-refractivity contribution in [3.05, 3.63) is 220 Å². The van der Waals surface area contributed by atoms with Gasteiger partial charge in [0.1, 0.15) is 65.6 Å². The number of thioether (sulfide) groups is 2. The minimum Gasteiger partial charge on any atom is -0.497 e. The number of ether oxygens (including phenoxy) is 7. The first-order chi connectivity index (χ1) is 41.5. The van der Waals surface area contributed by atoms with Crippen molar-refractivity contribution in [2.24, 2.45) is 5.16 Å². The van der Waals surface area contributed by atoms with Gasteiger partial charge in [-0.15, -0.1) is 34.9 Å². The number of benzene rings is 6. The zero-order valence-electron chi connectivity index (χ0n) is 46.3. The van der Waals surface area contributed by atoms with Crippen LogP contribution in [0, 0.1) is 0 Å². The van der Waals surface area contributed by atoms with Crippen LogP contribution < -0.4 is 34.7 Å². The summed E-state index contributed by atoms with van der Waals surface area (Å²) < 4.78 is 46.3. The number of nitrogens with zero attached hydrogens (tertiary/aromatic N) is 4. The molecule has 434 valence electrons. The van der Waals surface area contributed by atoms with Gasteiger partial charge in [-0.2, -0.15) is 0 Å². The van der Waals surface area contributed by atoms with Gasteiger partial charge in [0.15, 0.2) is 34.2 Å². The summed E-state index contributed by atoms with van der Waals surface area (Å²) in [4.78, 5) is 68.2. The Morgan fingerprint density at radius 2 is 1.35 bits per heavy atom. The summed E-state index contributed by atoms with van der Waals surface area (Å²) in [5, 5.41) is 12.1. The Morgan fingerprint density at radius 3 is 1.92 bits per heavy atom. The molecule has 3 atom stereocenters. The molecule has 85 heavy (non-hydrogen) atoms. The lowest BCUT2D eigenvalue weighted by molar-refractivity contribution is -0.155. The van der Waals surface area contributed by atoms with Crippen LogP contribution in [0.3, 0.4) is 0 Å². The van der Waals surface area contributed by atoms with Gasteiger partial charge >= 0.3 is 11.9 Å². The van der Waals surface area contributed by atoms with E-state index >= 15 is 0 Å². The third-order valence-corrected chi connectivity index (χ3v) is 16.1. The number of methoxy groups -OCH3 is 3. The van der Waals surface area contributed by atoms with E-state index in [1.807, 2.05) is 127 Å². The van der Waals surface area contributed by atoms with Crippen molar-refractivity contribution in [2.45, 2.75) is 42.8 Å². The molecule has 19 nitrogen and oxygen atoms in total. The average molecular weight is 1200 g/mol. The number of esters is 2. The average Bonchev–Trinajstić information content (AvgIpc) is 4.13. The molecule has 0 bridgehead atoms. The molecular weight excluding hydrogens is 1140 g/mol. The second-order valence-corrected chi connectivity index (χ2v) is 21.8. The highest BCUT2D eigenvalue weighted by atomic mass is 32.2. The van der Waals surface area contributed by atoms with Crippen molar-refractivity contribution in [3.8, 4) is 40.0 Å². The lowest BCUT2D eigenvalue weighted by atomic mass is 10.0. The molecule has 4 heterocycles. The van der Waals surface area contributed by atoms with Crippen molar-refractivity contribution in [1.82, 2.24) is 20.4 Å². The summed E-state index contributed by atoms with van der Waals surface area (Å²) in [5.74, 6) is 0.599. The molecule has 0 aliphatic carbocycles. The fourth-order valence-electron chi connectivity index (χ4n) is 8.90. The van der Waals surface area contributed by atoms with Gasteiger partial charge in [0.25, 0.3) is 17.3 Å². The molecule has 2 aliphatic heterocycles. The zero-order valence-corrected chi connectivity index (χ0v) is 48.7. The Morgan fingerprint density at radius 1 is 0.765 bits per heavy atom. The number of oxime groups is 1. The quantitative estimate of drug-likeness (QED) is 0.0178. The number of hydrogen-bond donors (Lipinski definition) is 2. The minimum atomic E-state index is -1.33. The van der Waals surface area contributed by atoms with E-state index in [-0.39, 0.29) is 47.8 Å². The molecule has 0 radical (unpaired) electrons. The van der Waals surface area contributed by atoms with Crippen molar-refractivity contribution in [2.75, 3.05) is 39.1 Å². The standard InChI is InChI=1S/C63H56N6O13S3/c1-74-45-23-15-38(16-24-45)33-77-51-30-22-43(31-52(51)78-34-39-17-25-46(75-2)26-18-39)49-32-48(81-67-49)29-21-44-36-84-59-54(58(71)69(59)55(44)60(72)79-35-40-19-27-47(76-3)28-20-40)66-57(70)53(50-37-85-63(64)65-50)68-82-62(83-4)61(73)80-56(41-11-7-5-8-12-41)42-13-9-6-10-14-42/h5-32,37,54,56,59,62H,33-36H2,1-4H3,(H2,64,65)(H,66,70)/b29-21+,68-53-/t54-,59-,62?/m1/s1. The van der Waals surface area contributed by atoms with Gasteiger partial charge < -0.3 is 53.6 Å². The summed E-state index contributed by atoms with van der Waals surface area (Å²) in [5.41, 5.74) is 9.90. The van der Waals surface area contributed by atoms with Gasteiger partial charge in [-0.05, 0) is 100 Å². The monoisotopic (exact) mass is 1200 g/mol. The highest BCUT2D eigenvalue weighted by molar-refractivity contribution is 8.00. The van der Waals surface area contributed by atoms with E-state index < -0.39 is 46.7 Å². The van der Waals surface area contributed by atoms with Crippen molar-refractivity contribution in [1.29, 1.82) is 0 Å². The molecule has 2 aliphatic rings. The van der Waals surface area contributed by atoms with Gasteiger partial charge in [-0.25, -0.2) is 14.6 Å². The first-order valence-electron chi connectivity index (χ1n) is 26.4. The summed E-state index contributed by atoms with van der Waals surface area (Å²) >= 11 is 3.36. The van der Waals surface area contributed by atoms with E-state index in [9.17, 15) is 19.2 Å². The number of carbonyl (C=O) groups is 4. The van der Waals surface area contributed by atoms with Gasteiger partial charge in [0.05, 0.1) is 21.3 Å². The number of fused-ring (bicyclic) bond motifs is 1. The second-order valence-electron chi connectivity index (χ2n) is 18.9. The number of hydrogen-bond acceptors (Lipinski definition) is 20. The van der Waals surface area contributed by atoms with Gasteiger partial charge in [0, 0.05) is 22.8 Å². The van der Waals surface area contributed by atoms with E-state index in [1.165, 1.54) is 22.0 Å². The molecule has 1 fully saturated rings. The topological polar surface area (TPSA) is 235 Å². The highest BCUT2D eigenvalue weighted by Crippen LogP contribution is 2.42. The maximum absolute atomic E-state index is 14.4. The van der Waals surface area contributed by atoms with E-state index in [4.69, 9.17) is 48.3 Å². The number of nitrogen functional groups attached to an aromatic ring is 1. The van der Waals surface area contributed by atoms with Crippen molar-refractivity contribution in [3.63, 3.8) is 0 Å². The Labute approximate surface area is 501 Å². The molecule has 10 rings (SSSR count). The molecule has 3 N–H and O–H groups in total. The Kier molecular flexibility index (Phi) is 19.1. The van der Waals surface area contributed by atoms with E-state index in [0.29, 0.717) is 45.4 Å². The number of rotatable bonds is 25. The number of aromatic nitrogens is 2. The molecule has 2 amide bonds. The molecule has 1 unspecified atom stereocenters. The van der Waals surface area contributed by atoms with Gasteiger partial charge in [-0.3, -0.25) is 14.5 Å². The molecule has 0 saturated carbocycles. The lowest BCUT2D eigenvalue weighted by Gasteiger charge is -2.49. The lowest BCUT2D eigenvalue weighted by Crippen LogP contribution is -2.71. The number of β-lactam (4-membered cyclic amide) rings is 1. The molecular formula is C63H56N6O13S3. The fraction of sp³-hybridized carbons (Fsp3) is 0.190. The largest absolute Gasteiger partial charge is 0.497 e. The summed E-state index contributed by atoms with van der Waals surface area (Å²) in [6, 6.07) is 46.7. The number of thiazole rings is 1. The molecule has 8 aromatic rings. The summed E-state index contributed by atoms with van der Waals surface area (Å²) in [6.07, 6.45) is 4.16. The van der Waals surface area contributed by atoms with Gasteiger partial charge in [-0.1, -0.05) is 113 Å². The van der Waals surface area contributed by atoms with Crippen LogP contribution in [-0.2, 0) is 53.3 Å². The molecule has 0 spiro atoms. The predicted octanol–water partition coefficient (Wildman–Crippen LogP) is 10.4. The fourth-order valence-corrected chi connectivity index (χ4v) is 11.1. The van der Waals surface area contributed by atoms with Crippen LogP contribution in [0.4, 0.5) is 5.13 Å². The SMILES string of the molecule is COc1ccc(COC(=O)C2=C(/C=C/c3cc(-c4ccc(OCc5ccc(OC)cc5)c(OCc5ccc(OC)cc5)c4)no3)CS[C@@H]3[C@H](NC(=O)/C(=N\OC(SC)C(=O)OC(c4ccccc4)c4ccccc4)c4csc(N)n4)C(=O)N23)cc1. The predicted molar refractivity (Wildman–Crippen MR) is 323 cm³/mol. The molecule has 2 aromatic heterocycles. The van der Waals surface area contributed by atoms with Crippen molar-refractivity contribution >= 4 is 75.5 Å². The number of nitrogens with one attached hydrogen (secondary N) is 1. The van der Waals surface area contributed by atoms with E-state index in [1.54, 1.807) is 70.1 Å². The highest BCUT2D eigenvalue weighted by Gasteiger charge is 2.54. The van der Waals surface area contributed by atoms with E-state index in [0.717, 1.165) is 56.9 Å². The minimum absolute atomic E-state index is 0.0252. The summed E-state index contributed by atoms with van der Waals surface area (Å²) in [7, 11) is 4.77. The molecule has 22 heteroatoms. The van der Waals surface area contributed by atoms with Crippen LogP contribution in [0.25, 0.3) is 17.3 Å². The number of allylic oxidation sites excluding steroid dienone is 1. The van der Waals surface area contributed by atoms with Crippen LogP contribution in [0.15, 0.2) is 190 Å². The van der Waals surface area contributed by atoms with Gasteiger partial charge in [0.2, 0.25) is 0 Å². The van der Waals surface area contributed by atoms with E-state index in [2.05, 4.69) is 20.6 Å². The number of amides is 2. The maximum Gasteiger partial charge on any atom is 0.362 e. The number of carbonyl (C=O) groups excluding carboxylic acids is 4. The Bertz CT molecular complexity index is 3690. The number of nitrogens with two attached hydrogens (primary N) is 1. The normalized spacial score (nSPS) is 15.1. The molecule has 1 saturated heterocycles. The first-order valence-corrected chi connectivity index (χ1v) is 29.6. The van der Waals surface area contributed by atoms with Crippen LogP contribution >= 0.6 is 34.9 Å². The van der Waals surface area contributed by atoms with Crippen LogP contribution in [0.1, 0.15) is 45.4 Å². The van der Waals surface area contributed by atoms with Crippen molar-refractivity contribution < 1.29 is 61.7 Å². The second kappa shape index (κ2) is 27.7. The molecule has 6 aromatic carbocycles. The van der Waals surface area contributed by atoms with Crippen LogP contribution in [-0.4, -0.2) is 94.7 Å². The third kappa shape index (κ3) is 14.3. The first kappa shape index (κ1) is 58.7. The maximum atomic E-state index is 14.4. The number of anilines is 1. The van der Waals surface area contributed by atoms with Crippen LogP contribution in [0.2, 0.25) is 0 Å².